The van der Waals surface area contributed by atoms with Gasteiger partial charge in [0, 0.05) is 39.8 Å². The number of para-hydroxylation sites is 2. The van der Waals surface area contributed by atoms with Gasteiger partial charge in [0.25, 0.3) is 11.5 Å². The van der Waals surface area contributed by atoms with Crippen LogP contribution in [0.5, 0.6) is 0 Å². The highest BCUT2D eigenvalue weighted by Gasteiger charge is 2.39. The largest absolute Gasteiger partial charge is 0.343 e. The Bertz CT molecular complexity index is 909. The van der Waals surface area contributed by atoms with Gasteiger partial charge in [-0.2, -0.15) is 0 Å². The number of aromatic nitrogens is 2. The van der Waals surface area contributed by atoms with Gasteiger partial charge in [0.1, 0.15) is 6.04 Å². The number of nitrogens with zero attached hydrogens (tertiary/aromatic N) is 4. The number of carbonyl (C=O) groups is 2. The highest BCUT2D eigenvalue weighted by Crippen LogP contribution is 2.17. The van der Waals surface area contributed by atoms with Crippen molar-refractivity contribution >= 4 is 22.8 Å². The molecule has 1 aromatic carbocycles. The van der Waals surface area contributed by atoms with Crippen LogP contribution in [0.15, 0.2) is 29.1 Å². The molecule has 1 atom stereocenters. The molecule has 3 heterocycles. The molecular formula is C17H19N5O3. The van der Waals surface area contributed by atoms with Gasteiger partial charge in [-0.3, -0.25) is 19.3 Å². The molecule has 4 rings (SSSR count). The van der Waals surface area contributed by atoms with Crippen LogP contribution >= 0.6 is 0 Å². The molecule has 8 heteroatoms. The van der Waals surface area contributed by atoms with E-state index in [1.165, 1.54) is 0 Å². The fourth-order valence-corrected chi connectivity index (χ4v) is 3.47. The number of piperazine rings is 2. The third-order valence-corrected chi connectivity index (χ3v) is 4.96. The van der Waals surface area contributed by atoms with E-state index in [1.54, 1.807) is 41.1 Å². The number of hydrogen-bond donors (Lipinski definition) is 1. The Labute approximate surface area is 144 Å². The smallest absolute Gasteiger partial charge is 0.280 e. The van der Waals surface area contributed by atoms with Crippen molar-refractivity contribution in [3.05, 3.63) is 40.3 Å². The van der Waals surface area contributed by atoms with E-state index >= 15 is 0 Å². The molecule has 2 amide bonds. The van der Waals surface area contributed by atoms with E-state index in [4.69, 9.17) is 0 Å². The molecule has 0 spiro atoms. The van der Waals surface area contributed by atoms with Crippen LogP contribution in [0.1, 0.15) is 10.5 Å². The van der Waals surface area contributed by atoms with Gasteiger partial charge in [0.2, 0.25) is 5.91 Å². The van der Waals surface area contributed by atoms with Crippen molar-refractivity contribution in [1.29, 1.82) is 0 Å². The van der Waals surface area contributed by atoms with Crippen molar-refractivity contribution in [3.63, 3.8) is 0 Å². The SMILES string of the molecule is CN1CCN2CCN(C(=O)c3nc4ccccc4[nH]c3=O)C[C@@H]2C1=O. The number of rotatable bonds is 1. The fraction of sp³-hybridized carbons (Fsp3) is 0.412. The maximum absolute atomic E-state index is 12.8. The molecule has 0 saturated carbocycles. The summed E-state index contributed by atoms with van der Waals surface area (Å²) in [6.07, 6.45) is 0. The molecule has 2 aromatic rings. The maximum atomic E-state index is 12.8. The van der Waals surface area contributed by atoms with Crippen LogP contribution in [0.2, 0.25) is 0 Å². The van der Waals surface area contributed by atoms with E-state index in [0.717, 1.165) is 6.54 Å². The minimum atomic E-state index is -0.502. The number of hydrogen-bond acceptors (Lipinski definition) is 5. The quantitative estimate of drug-likeness (QED) is 0.757. The summed E-state index contributed by atoms with van der Waals surface area (Å²) in [4.78, 5) is 49.8. The second kappa shape index (κ2) is 5.96. The molecule has 1 aromatic heterocycles. The van der Waals surface area contributed by atoms with Crippen molar-refractivity contribution in [2.75, 3.05) is 39.8 Å². The number of H-pyrrole nitrogens is 1. The standard InChI is InChI=1S/C17H19N5O3/c1-20-6-7-21-8-9-22(10-13(21)16(20)24)17(25)14-15(23)19-12-5-3-2-4-11(12)18-14/h2-5,13H,6-10H2,1H3,(H,19,23)/t13-/m1/s1. The Kier molecular flexibility index (Phi) is 3.76. The van der Waals surface area contributed by atoms with E-state index in [-0.39, 0.29) is 24.2 Å². The van der Waals surface area contributed by atoms with Crippen LogP contribution in [0.3, 0.4) is 0 Å². The first-order valence-electron chi connectivity index (χ1n) is 8.32. The zero-order chi connectivity index (χ0) is 17.6. The van der Waals surface area contributed by atoms with Crippen LogP contribution in [0, 0.1) is 0 Å². The summed E-state index contributed by atoms with van der Waals surface area (Å²) < 4.78 is 0. The van der Waals surface area contributed by atoms with Gasteiger partial charge >= 0.3 is 0 Å². The first-order chi connectivity index (χ1) is 12.0. The van der Waals surface area contributed by atoms with Gasteiger partial charge in [-0.05, 0) is 12.1 Å². The molecule has 0 unspecified atom stereocenters. The van der Waals surface area contributed by atoms with Crippen molar-refractivity contribution in [3.8, 4) is 0 Å². The minimum absolute atomic E-state index is 0.0177. The number of aromatic amines is 1. The molecule has 0 aliphatic carbocycles. The Morgan fingerprint density at radius 3 is 2.76 bits per heavy atom. The summed E-state index contributed by atoms with van der Waals surface area (Å²) in [5.74, 6) is -0.406. The molecule has 1 N–H and O–H groups in total. The molecule has 25 heavy (non-hydrogen) atoms. The lowest BCUT2D eigenvalue weighted by Crippen LogP contribution is -2.64. The Hall–Kier alpha value is -2.74. The molecule has 2 aliphatic heterocycles. The molecule has 0 radical (unpaired) electrons. The Balaban J connectivity index is 1.62. The molecule has 130 valence electrons. The van der Waals surface area contributed by atoms with E-state index in [2.05, 4.69) is 14.9 Å². The number of amides is 2. The van der Waals surface area contributed by atoms with E-state index < -0.39 is 11.5 Å². The zero-order valence-electron chi connectivity index (χ0n) is 13.9. The first-order valence-corrected chi connectivity index (χ1v) is 8.32. The van der Waals surface area contributed by atoms with Crippen LogP contribution in [-0.4, -0.2) is 82.3 Å². The molecule has 0 bridgehead atoms. The number of fused-ring (bicyclic) bond motifs is 2. The van der Waals surface area contributed by atoms with Crippen LogP contribution in [0.4, 0.5) is 0 Å². The number of carbonyl (C=O) groups excluding carboxylic acids is 2. The van der Waals surface area contributed by atoms with Gasteiger partial charge in [-0.25, -0.2) is 4.98 Å². The van der Waals surface area contributed by atoms with E-state index in [9.17, 15) is 14.4 Å². The lowest BCUT2D eigenvalue weighted by molar-refractivity contribution is -0.142. The second-order valence-corrected chi connectivity index (χ2v) is 6.49. The predicted molar refractivity (Wildman–Crippen MR) is 91.3 cm³/mol. The maximum Gasteiger partial charge on any atom is 0.280 e. The molecule has 2 fully saturated rings. The van der Waals surface area contributed by atoms with Crippen molar-refractivity contribution in [2.45, 2.75) is 6.04 Å². The predicted octanol–water partition coefficient (Wildman–Crippen LogP) is -0.478. The first kappa shape index (κ1) is 15.8. The van der Waals surface area contributed by atoms with Crippen LogP contribution in [0.25, 0.3) is 11.0 Å². The zero-order valence-corrected chi connectivity index (χ0v) is 13.9. The van der Waals surface area contributed by atoms with Crippen LogP contribution < -0.4 is 5.56 Å². The Morgan fingerprint density at radius 1 is 1.16 bits per heavy atom. The van der Waals surface area contributed by atoms with Gasteiger partial charge < -0.3 is 14.8 Å². The van der Waals surface area contributed by atoms with Gasteiger partial charge in [-0.1, -0.05) is 12.1 Å². The van der Waals surface area contributed by atoms with Crippen LogP contribution in [-0.2, 0) is 4.79 Å². The number of likely N-dealkylation sites (N-methyl/N-ethyl adjacent to an activating group) is 1. The molecule has 2 saturated heterocycles. The Morgan fingerprint density at radius 2 is 1.92 bits per heavy atom. The van der Waals surface area contributed by atoms with Crippen molar-refractivity contribution < 1.29 is 9.59 Å². The van der Waals surface area contributed by atoms with Crippen molar-refractivity contribution in [1.82, 2.24) is 24.7 Å². The minimum Gasteiger partial charge on any atom is -0.343 e. The van der Waals surface area contributed by atoms with E-state index in [1.807, 2.05) is 0 Å². The van der Waals surface area contributed by atoms with E-state index in [0.29, 0.717) is 30.7 Å². The van der Waals surface area contributed by atoms with Gasteiger partial charge in [0.15, 0.2) is 5.69 Å². The summed E-state index contributed by atoms with van der Waals surface area (Å²) in [6.45, 7) is 2.91. The lowest BCUT2D eigenvalue weighted by atomic mass is 10.1. The summed E-state index contributed by atoms with van der Waals surface area (Å²) in [5, 5.41) is 0. The monoisotopic (exact) mass is 341 g/mol. The van der Waals surface area contributed by atoms with Crippen molar-refractivity contribution in [2.24, 2.45) is 0 Å². The highest BCUT2D eigenvalue weighted by atomic mass is 16.2. The summed E-state index contributed by atoms with van der Waals surface area (Å²) in [6, 6.07) is 6.76. The third-order valence-electron chi connectivity index (χ3n) is 4.96. The molecule has 8 nitrogen and oxygen atoms in total. The molecule has 2 aliphatic rings. The van der Waals surface area contributed by atoms with Gasteiger partial charge in [-0.15, -0.1) is 0 Å². The number of nitrogens with one attached hydrogen (secondary N) is 1. The summed E-state index contributed by atoms with van der Waals surface area (Å²) in [7, 11) is 1.77. The lowest BCUT2D eigenvalue weighted by Gasteiger charge is -2.45. The highest BCUT2D eigenvalue weighted by molar-refractivity contribution is 5.94. The van der Waals surface area contributed by atoms with Gasteiger partial charge in [0.05, 0.1) is 11.0 Å². The second-order valence-electron chi connectivity index (χ2n) is 6.49. The summed E-state index contributed by atoms with van der Waals surface area (Å²) in [5.41, 5.74) is 0.539. The topological polar surface area (TPSA) is 89.6 Å². The number of benzene rings is 1. The summed E-state index contributed by atoms with van der Waals surface area (Å²) >= 11 is 0. The third kappa shape index (κ3) is 2.68. The molecular weight excluding hydrogens is 322 g/mol. The average Bonchev–Trinajstić information content (AvgIpc) is 2.63. The average molecular weight is 341 g/mol. The normalized spacial score (nSPS) is 21.5. The fourth-order valence-electron chi connectivity index (χ4n) is 3.47.